The summed E-state index contributed by atoms with van der Waals surface area (Å²) in [7, 11) is 1.62. The van der Waals surface area contributed by atoms with Crippen molar-refractivity contribution in [2.45, 2.75) is 19.8 Å². The Morgan fingerprint density at radius 1 is 1.14 bits per heavy atom. The lowest BCUT2D eigenvalue weighted by atomic mass is 10.0. The van der Waals surface area contributed by atoms with E-state index in [0.29, 0.717) is 23.8 Å². The van der Waals surface area contributed by atoms with E-state index >= 15 is 0 Å². The molecule has 6 nitrogen and oxygen atoms in total. The fraction of sp³-hybridized carbons (Fsp3) is 0.227. The summed E-state index contributed by atoms with van der Waals surface area (Å²) in [6, 6.07) is 15.6. The van der Waals surface area contributed by atoms with Gasteiger partial charge in [0.15, 0.2) is 0 Å². The fourth-order valence-corrected chi connectivity index (χ4v) is 3.48. The third-order valence-corrected chi connectivity index (χ3v) is 4.86. The Bertz CT molecular complexity index is 1020. The number of hydrogen-bond donors (Lipinski definition) is 1. The molecule has 0 radical (unpaired) electrons. The molecular formula is C22H22N4O2. The first-order chi connectivity index (χ1) is 13.7. The summed E-state index contributed by atoms with van der Waals surface area (Å²) in [6.45, 7) is 2.70. The number of anilines is 3. The molecule has 0 spiro atoms. The second-order valence-electron chi connectivity index (χ2n) is 6.81. The van der Waals surface area contributed by atoms with E-state index in [1.54, 1.807) is 18.1 Å². The van der Waals surface area contributed by atoms with Gasteiger partial charge in [0.25, 0.3) is 5.91 Å². The zero-order valence-electron chi connectivity index (χ0n) is 16.0. The molecule has 1 amide bonds. The largest absolute Gasteiger partial charge is 0.495 e. The molecule has 28 heavy (non-hydrogen) atoms. The highest BCUT2D eigenvalue weighted by atomic mass is 16.5. The topological polar surface area (TPSA) is 67.3 Å². The Balaban J connectivity index is 1.61. The Labute approximate surface area is 164 Å². The lowest BCUT2D eigenvalue weighted by Gasteiger charge is -2.29. The minimum absolute atomic E-state index is 0.117. The second-order valence-corrected chi connectivity index (χ2v) is 6.81. The monoisotopic (exact) mass is 374 g/mol. The van der Waals surface area contributed by atoms with Crippen molar-refractivity contribution >= 4 is 23.1 Å². The van der Waals surface area contributed by atoms with Gasteiger partial charge in [0.05, 0.1) is 12.8 Å². The van der Waals surface area contributed by atoms with E-state index in [2.05, 4.69) is 21.4 Å². The number of amides is 1. The molecule has 0 atom stereocenters. The minimum Gasteiger partial charge on any atom is -0.495 e. The molecule has 1 aliphatic rings. The summed E-state index contributed by atoms with van der Waals surface area (Å²) in [6.07, 6.45) is 3.34. The number of methoxy groups -OCH3 is 1. The number of rotatable bonds is 4. The molecule has 0 bridgehead atoms. The van der Waals surface area contributed by atoms with Crippen molar-refractivity contribution in [1.29, 1.82) is 0 Å². The van der Waals surface area contributed by atoms with Gasteiger partial charge in [-0.05, 0) is 49.1 Å². The summed E-state index contributed by atoms with van der Waals surface area (Å²) >= 11 is 0. The molecule has 6 heteroatoms. The number of fused-ring (bicyclic) bond motifs is 1. The smallest absolute Gasteiger partial charge is 0.277 e. The van der Waals surface area contributed by atoms with Crippen molar-refractivity contribution in [2.75, 3.05) is 23.9 Å². The molecule has 1 aliphatic heterocycles. The summed E-state index contributed by atoms with van der Waals surface area (Å²) in [5.41, 5.74) is 4.41. The highest BCUT2D eigenvalue weighted by Crippen LogP contribution is 2.30. The predicted octanol–water partition coefficient (Wildman–Crippen LogP) is 4.13. The predicted molar refractivity (Wildman–Crippen MR) is 109 cm³/mol. The van der Waals surface area contributed by atoms with Crippen LogP contribution in [-0.4, -0.2) is 29.5 Å². The Kier molecular flexibility index (Phi) is 4.93. The number of carbonyl (C=O) groups is 1. The molecule has 0 aliphatic carbocycles. The van der Waals surface area contributed by atoms with Gasteiger partial charge in [0.2, 0.25) is 0 Å². The van der Waals surface area contributed by atoms with E-state index in [9.17, 15) is 4.79 Å². The standard InChI is InChI=1S/C22H22N4O2/c1-15-9-10-20(28-2)17(12-15)25-21-13-18(23-14-24-21)22(27)26-11-5-7-16-6-3-4-8-19(16)26/h3-4,6,8-10,12-14H,5,7,11H2,1-2H3,(H,23,24,25). The van der Waals surface area contributed by atoms with Crippen molar-refractivity contribution in [1.82, 2.24) is 9.97 Å². The number of para-hydroxylation sites is 1. The van der Waals surface area contributed by atoms with Crippen molar-refractivity contribution in [3.05, 3.63) is 71.7 Å². The number of benzene rings is 2. The second kappa shape index (κ2) is 7.68. The van der Waals surface area contributed by atoms with E-state index < -0.39 is 0 Å². The highest BCUT2D eigenvalue weighted by Gasteiger charge is 2.24. The van der Waals surface area contributed by atoms with Crippen molar-refractivity contribution in [2.24, 2.45) is 0 Å². The van der Waals surface area contributed by atoms with Crippen LogP contribution in [0.5, 0.6) is 5.75 Å². The van der Waals surface area contributed by atoms with Crippen LogP contribution in [0.3, 0.4) is 0 Å². The Hall–Kier alpha value is -3.41. The van der Waals surface area contributed by atoms with Gasteiger partial charge in [-0.3, -0.25) is 4.79 Å². The van der Waals surface area contributed by atoms with Gasteiger partial charge < -0.3 is 15.0 Å². The number of carbonyl (C=O) groups excluding carboxylic acids is 1. The van der Waals surface area contributed by atoms with Crippen LogP contribution in [0.2, 0.25) is 0 Å². The van der Waals surface area contributed by atoms with E-state index in [1.165, 1.54) is 11.9 Å². The first kappa shape index (κ1) is 18.0. The molecule has 4 rings (SSSR count). The van der Waals surface area contributed by atoms with Crippen molar-refractivity contribution in [3.8, 4) is 5.75 Å². The van der Waals surface area contributed by atoms with Crippen LogP contribution in [0.1, 0.15) is 28.0 Å². The highest BCUT2D eigenvalue weighted by molar-refractivity contribution is 6.05. The van der Waals surface area contributed by atoms with Crippen LogP contribution in [-0.2, 0) is 6.42 Å². The van der Waals surface area contributed by atoms with Crippen molar-refractivity contribution in [3.63, 3.8) is 0 Å². The Morgan fingerprint density at radius 2 is 2.00 bits per heavy atom. The van der Waals surface area contributed by atoms with E-state index in [1.807, 2.05) is 43.3 Å². The van der Waals surface area contributed by atoms with Crippen LogP contribution in [0.15, 0.2) is 54.9 Å². The maximum Gasteiger partial charge on any atom is 0.277 e. The molecule has 2 aromatic carbocycles. The van der Waals surface area contributed by atoms with Gasteiger partial charge >= 0.3 is 0 Å². The number of aryl methyl sites for hydroxylation is 2. The molecule has 0 fully saturated rings. The van der Waals surface area contributed by atoms with E-state index in [-0.39, 0.29) is 5.91 Å². The summed E-state index contributed by atoms with van der Waals surface area (Å²) in [5, 5.41) is 3.23. The molecule has 1 N–H and O–H groups in total. The number of hydrogen-bond acceptors (Lipinski definition) is 5. The fourth-order valence-electron chi connectivity index (χ4n) is 3.48. The lowest BCUT2D eigenvalue weighted by Crippen LogP contribution is -2.36. The molecule has 142 valence electrons. The van der Waals surface area contributed by atoms with E-state index in [0.717, 1.165) is 29.8 Å². The van der Waals surface area contributed by atoms with Crippen LogP contribution in [0, 0.1) is 6.92 Å². The van der Waals surface area contributed by atoms with Gasteiger partial charge in [-0.2, -0.15) is 0 Å². The average molecular weight is 374 g/mol. The SMILES string of the molecule is COc1ccc(C)cc1Nc1cc(C(=O)N2CCCc3ccccc32)ncn1. The van der Waals surface area contributed by atoms with Gasteiger partial charge in [0, 0.05) is 18.3 Å². The normalized spacial score (nSPS) is 13.0. The maximum atomic E-state index is 13.1. The number of ether oxygens (including phenoxy) is 1. The Morgan fingerprint density at radius 3 is 2.86 bits per heavy atom. The molecule has 2 heterocycles. The summed E-state index contributed by atoms with van der Waals surface area (Å²) in [5.74, 6) is 1.14. The maximum absolute atomic E-state index is 13.1. The number of nitrogens with zero attached hydrogens (tertiary/aromatic N) is 3. The first-order valence-corrected chi connectivity index (χ1v) is 9.29. The molecule has 0 unspecified atom stereocenters. The zero-order valence-corrected chi connectivity index (χ0v) is 16.0. The number of nitrogens with one attached hydrogen (secondary N) is 1. The zero-order chi connectivity index (χ0) is 19.5. The van der Waals surface area contributed by atoms with Crippen LogP contribution < -0.4 is 15.0 Å². The minimum atomic E-state index is -0.117. The third kappa shape index (κ3) is 3.53. The molecular weight excluding hydrogens is 352 g/mol. The summed E-state index contributed by atoms with van der Waals surface area (Å²) in [4.78, 5) is 23.4. The molecule has 0 saturated heterocycles. The first-order valence-electron chi connectivity index (χ1n) is 9.29. The van der Waals surface area contributed by atoms with Crippen LogP contribution >= 0.6 is 0 Å². The third-order valence-electron chi connectivity index (χ3n) is 4.86. The van der Waals surface area contributed by atoms with Crippen LogP contribution in [0.4, 0.5) is 17.2 Å². The van der Waals surface area contributed by atoms with Gasteiger partial charge in [-0.25, -0.2) is 9.97 Å². The van der Waals surface area contributed by atoms with Gasteiger partial charge in [-0.1, -0.05) is 24.3 Å². The lowest BCUT2D eigenvalue weighted by molar-refractivity contribution is 0.0980. The average Bonchev–Trinajstić information content (AvgIpc) is 2.73. The van der Waals surface area contributed by atoms with Crippen LogP contribution in [0.25, 0.3) is 0 Å². The molecule has 3 aromatic rings. The molecule has 0 saturated carbocycles. The quantitative estimate of drug-likeness (QED) is 0.744. The summed E-state index contributed by atoms with van der Waals surface area (Å²) < 4.78 is 5.40. The van der Waals surface area contributed by atoms with Gasteiger partial charge in [-0.15, -0.1) is 0 Å². The molecule has 1 aromatic heterocycles. The van der Waals surface area contributed by atoms with Crippen molar-refractivity contribution < 1.29 is 9.53 Å². The van der Waals surface area contributed by atoms with Gasteiger partial charge in [0.1, 0.15) is 23.6 Å². The van der Waals surface area contributed by atoms with E-state index in [4.69, 9.17) is 4.74 Å². The number of aromatic nitrogens is 2.